The summed E-state index contributed by atoms with van der Waals surface area (Å²) in [7, 11) is 0. The molecule has 4 fully saturated rings. The van der Waals surface area contributed by atoms with Gasteiger partial charge in [-0.15, -0.1) is 0 Å². The first kappa shape index (κ1) is 9.54. The minimum absolute atomic E-state index is 0.256. The van der Waals surface area contributed by atoms with Crippen LogP contribution in [0.15, 0.2) is 12.2 Å². The van der Waals surface area contributed by atoms with E-state index in [-0.39, 0.29) is 16.9 Å². The van der Waals surface area contributed by atoms with Crippen molar-refractivity contribution < 1.29 is 14.6 Å². The van der Waals surface area contributed by atoms with Crippen LogP contribution in [0.5, 0.6) is 0 Å². The van der Waals surface area contributed by atoms with Gasteiger partial charge in [-0.3, -0.25) is 0 Å². The van der Waals surface area contributed by atoms with E-state index in [1.54, 1.807) is 0 Å². The van der Waals surface area contributed by atoms with Gasteiger partial charge in [0.2, 0.25) is 0 Å². The maximum absolute atomic E-state index is 10.0. The summed E-state index contributed by atoms with van der Waals surface area (Å²) in [5.74, 6) is 0. The normalized spacial score (nSPS) is 66.3. The van der Waals surface area contributed by atoms with Crippen molar-refractivity contribution in [2.75, 3.05) is 0 Å². The van der Waals surface area contributed by atoms with E-state index in [1.165, 1.54) is 0 Å². The highest BCUT2D eigenvalue weighted by atomic mass is 16.6. The zero-order valence-corrected chi connectivity index (χ0v) is 9.84. The number of rotatable bonds is 0. The molecule has 17 heavy (non-hydrogen) atoms. The fraction of sp³-hybridized carbons (Fsp3) is 0.857. The van der Waals surface area contributed by atoms with Gasteiger partial charge >= 0.3 is 0 Å². The van der Waals surface area contributed by atoms with Crippen molar-refractivity contribution in [3.05, 3.63) is 12.2 Å². The van der Waals surface area contributed by atoms with Crippen LogP contribution in [0, 0.1) is 10.8 Å². The number of allylic oxidation sites excluding steroid dienone is 1. The molecule has 0 radical (unpaired) electrons. The average Bonchev–Trinajstić information content (AvgIpc) is 3.15. The molecule has 92 valence electrons. The Morgan fingerprint density at radius 2 is 1.47 bits per heavy atom. The van der Waals surface area contributed by atoms with Crippen LogP contribution in [0.1, 0.15) is 32.1 Å². The third kappa shape index (κ3) is 1.09. The standard InChI is InChI=1S/C14H18O3/c15-8-1-2-13-4-9-11(16-9)6-14(13,3-8)7-12-10(5-13)17-12/h1-2,8-12,15H,3-7H2/t8-,9+,10+,11-,12-,13?,14?/m1/s1. The molecule has 3 nitrogen and oxygen atoms in total. The van der Waals surface area contributed by atoms with Crippen molar-refractivity contribution in [1.29, 1.82) is 0 Å². The fourth-order valence-electron chi connectivity index (χ4n) is 5.02. The molecule has 0 aromatic carbocycles. The van der Waals surface area contributed by atoms with Gasteiger partial charge in [-0.2, -0.15) is 0 Å². The van der Waals surface area contributed by atoms with Crippen LogP contribution in [0.4, 0.5) is 0 Å². The van der Waals surface area contributed by atoms with Gasteiger partial charge in [-0.05, 0) is 42.9 Å². The maximum Gasteiger partial charge on any atom is 0.0850 e. The molecule has 0 aromatic heterocycles. The molecule has 2 aliphatic heterocycles. The summed E-state index contributed by atoms with van der Waals surface area (Å²) in [6, 6.07) is 0. The molecule has 0 amide bonds. The van der Waals surface area contributed by atoms with Gasteiger partial charge in [0.1, 0.15) is 0 Å². The third-order valence-corrected chi connectivity index (χ3v) is 5.98. The summed E-state index contributed by atoms with van der Waals surface area (Å²) >= 11 is 0. The van der Waals surface area contributed by atoms with E-state index in [2.05, 4.69) is 6.08 Å². The molecule has 3 aliphatic carbocycles. The van der Waals surface area contributed by atoms with Crippen LogP contribution >= 0.6 is 0 Å². The summed E-state index contributed by atoms with van der Waals surface area (Å²) in [5, 5.41) is 10.0. The molecule has 2 saturated carbocycles. The molecule has 5 aliphatic rings. The molecule has 5 rings (SSSR count). The number of hydrogen-bond acceptors (Lipinski definition) is 3. The Balaban J connectivity index is 1.64. The van der Waals surface area contributed by atoms with Crippen molar-refractivity contribution in [1.82, 2.24) is 0 Å². The molecule has 0 spiro atoms. The van der Waals surface area contributed by atoms with Gasteiger partial charge in [0.25, 0.3) is 0 Å². The Hall–Kier alpha value is -0.380. The Kier molecular flexibility index (Phi) is 1.48. The van der Waals surface area contributed by atoms with E-state index in [9.17, 15) is 5.11 Å². The largest absolute Gasteiger partial charge is 0.389 e. The molecule has 2 saturated heterocycles. The Bertz CT molecular complexity index is 394. The SMILES string of the molecule is O[C@@H]1C=CC23C[C@@H]4O[C@@H]4CC2(C1)C[C@H]1O[C@H]1C3. The number of aliphatic hydroxyl groups excluding tert-OH is 1. The zero-order valence-electron chi connectivity index (χ0n) is 9.84. The lowest BCUT2D eigenvalue weighted by Crippen LogP contribution is -2.53. The first-order chi connectivity index (χ1) is 8.20. The molecule has 0 bridgehead atoms. The zero-order chi connectivity index (χ0) is 11.3. The molecule has 3 heteroatoms. The Morgan fingerprint density at radius 3 is 2.12 bits per heavy atom. The van der Waals surface area contributed by atoms with Crippen LogP contribution < -0.4 is 0 Å². The quantitative estimate of drug-likeness (QED) is 0.509. The predicted molar refractivity (Wildman–Crippen MR) is 60.4 cm³/mol. The molecule has 0 aromatic rings. The second kappa shape index (κ2) is 2.63. The van der Waals surface area contributed by atoms with E-state index in [1.807, 2.05) is 6.08 Å². The van der Waals surface area contributed by atoms with Crippen LogP contribution in [0.25, 0.3) is 0 Å². The molecule has 5 atom stereocenters. The first-order valence-electron chi connectivity index (χ1n) is 6.88. The maximum atomic E-state index is 10.0. The number of ether oxygens (including phenoxy) is 2. The predicted octanol–water partition coefficient (Wildman–Crippen LogP) is 1.40. The third-order valence-electron chi connectivity index (χ3n) is 5.98. The highest BCUT2D eigenvalue weighted by molar-refractivity contribution is 5.26. The minimum Gasteiger partial charge on any atom is -0.389 e. The highest BCUT2D eigenvalue weighted by Gasteiger charge is 2.69. The molecule has 1 N–H and O–H groups in total. The number of hydrogen-bond donors (Lipinski definition) is 1. The number of epoxide rings is 2. The summed E-state index contributed by atoms with van der Waals surface area (Å²) in [6.45, 7) is 0. The second-order valence-electron chi connectivity index (χ2n) is 6.81. The first-order valence-corrected chi connectivity index (χ1v) is 6.88. The van der Waals surface area contributed by atoms with Crippen molar-refractivity contribution in [2.45, 2.75) is 62.6 Å². The fourth-order valence-corrected chi connectivity index (χ4v) is 5.02. The Labute approximate surface area is 101 Å². The van der Waals surface area contributed by atoms with Gasteiger partial charge in [0, 0.05) is 0 Å². The van der Waals surface area contributed by atoms with Gasteiger partial charge in [0.05, 0.1) is 30.5 Å². The topological polar surface area (TPSA) is 45.3 Å². The van der Waals surface area contributed by atoms with Crippen molar-refractivity contribution >= 4 is 0 Å². The molecule has 0 unspecified atom stereocenters. The van der Waals surface area contributed by atoms with Gasteiger partial charge in [-0.25, -0.2) is 0 Å². The highest BCUT2D eigenvalue weighted by Crippen LogP contribution is 2.69. The second-order valence-corrected chi connectivity index (χ2v) is 6.81. The van der Waals surface area contributed by atoms with Crippen LogP contribution in [-0.4, -0.2) is 35.6 Å². The summed E-state index contributed by atoms with van der Waals surface area (Å²) < 4.78 is 11.6. The molecular weight excluding hydrogens is 216 g/mol. The lowest BCUT2D eigenvalue weighted by molar-refractivity contribution is -0.0382. The van der Waals surface area contributed by atoms with E-state index in [0.717, 1.165) is 32.1 Å². The lowest BCUT2D eigenvalue weighted by atomic mass is 9.47. The van der Waals surface area contributed by atoms with Crippen LogP contribution in [0.3, 0.4) is 0 Å². The minimum atomic E-state index is -0.256. The van der Waals surface area contributed by atoms with Crippen LogP contribution in [-0.2, 0) is 9.47 Å². The number of aliphatic hydroxyl groups is 1. The van der Waals surface area contributed by atoms with E-state index in [4.69, 9.17) is 9.47 Å². The van der Waals surface area contributed by atoms with E-state index < -0.39 is 0 Å². The summed E-state index contributed by atoms with van der Waals surface area (Å²) in [6.07, 6.45) is 11.6. The van der Waals surface area contributed by atoms with E-state index in [0.29, 0.717) is 24.4 Å². The molecule has 2 heterocycles. The monoisotopic (exact) mass is 234 g/mol. The van der Waals surface area contributed by atoms with Gasteiger partial charge in [0.15, 0.2) is 0 Å². The van der Waals surface area contributed by atoms with Crippen molar-refractivity contribution in [3.8, 4) is 0 Å². The Morgan fingerprint density at radius 1 is 0.882 bits per heavy atom. The van der Waals surface area contributed by atoms with Crippen LogP contribution in [0.2, 0.25) is 0 Å². The summed E-state index contributed by atoms with van der Waals surface area (Å²) in [4.78, 5) is 0. The smallest absolute Gasteiger partial charge is 0.0850 e. The summed E-state index contributed by atoms with van der Waals surface area (Å²) in [5.41, 5.74) is 0.526. The van der Waals surface area contributed by atoms with E-state index >= 15 is 0 Å². The lowest BCUT2D eigenvalue weighted by Gasteiger charge is -2.56. The van der Waals surface area contributed by atoms with Gasteiger partial charge in [-0.1, -0.05) is 12.2 Å². The van der Waals surface area contributed by atoms with Crippen molar-refractivity contribution in [3.63, 3.8) is 0 Å². The van der Waals surface area contributed by atoms with Gasteiger partial charge < -0.3 is 14.6 Å². The average molecular weight is 234 g/mol. The molecular formula is C14H18O3. The number of fused-ring (bicyclic) bond motifs is 2. The van der Waals surface area contributed by atoms with Crippen molar-refractivity contribution in [2.24, 2.45) is 10.8 Å².